The summed E-state index contributed by atoms with van der Waals surface area (Å²) < 4.78 is 0. The Labute approximate surface area is 111 Å². The molecule has 0 aliphatic rings. The number of carboxylic acid groups (broad SMARTS) is 1. The summed E-state index contributed by atoms with van der Waals surface area (Å²) in [5.74, 6) is -0.963. The van der Waals surface area contributed by atoms with E-state index in [-0.39, 0.29) is 5.41 Å². The van der Waals surface area contributed by atoms with Crippen LogP contribution in [0.3, 0.4) is 0 Å². The van der Waals surface area contributed by atoms with Gasteiger partial charge in [-0.15, -0.1) is 0 Å². The van der Waals surface area contributed by atoms with Gasteiger partial charge < -0.3 is 5.11 Å². The third-order valence-electron chi connectivity index (χ3n) is 2.44. The SMILES string of the molecule is CCCCC(OOC(C)(C)CC(C)(C)C)C(=O)O. The van der Waals surface area contributed by atoms with Crippen molar-refractivity contribution in [2.75, 3.05) is 0 Å². The van der Waals surface area contributed by atoms with Crippen LogP contribution in [0.4, 0.5) is 0 Å². The predicted molar refractivity (Wildman–Crippen MR) is 71.3 cm³/mol. The molecule has 0 aromatic heterocycles. The molecular formula is C14H28O4. The Balaban J connectivity index is 4.28. The Morgan fingerprint density at radius 1 is 1.22 bits per heavy atom. The summed E-state index contributed by atoms with van der Waals surface area (Å²) in [6, 6.07) is 0. The lowest BCUT2D eigenvalue weighted by Crippen LogP contribution is -2.34. The van der Waals surface area contributed by atoms with Crippen molar-refractivity contribution in [2.24, 2.45) is 5.41 Å². The van der Waals surface area contributed by atoms with E-state index in [2.05, 4.69) is 20.8 Å². The number of hydrogen-bond acceptors (Lipinski definition) is 3. The van der Waals surface area contributed by atoms with Crippen molar-refractivity contribution in [3.8, 4) is 0 Å². The monoisotopic (exact) mass is 260 g/mol. The van der Waals surface area contributed by atoms with Crippen molar-refractivity contribution in [3.05, 3.63) is 0 Å². The molecule has 1 unspecified atom stereocenters. The summed E-state index contributed by atoms with van der Waals surface area (Å²) >= 11 is 0. The van der Waals surface area contributed by atoms with Gasteiger partial charge in [-0.05, 0) is 32.1 Å². The van der Waals surface area contributed by atoms with Gasteiger partial charge in [0, 0.05) is 0 Å². The maximum Gasteiger partial charge on any atom is 0.336 e. The molecule has 18 heavy (non-hydrogen) atoms. The summed E-state index contributed by atoms with van der Waals surface area (Å²) in [6.07, 6.45) is 2.17. The molecule has 4 heteroatoms. The smallest absolute Gasteiger partial charge is 0.336 e. The van der Waals surface area contributed by atoms with E-state index in [1.807, 2.05) is 20.8 Å². The van der Waals surface area contributed by atoms with Crippen LogP contribution >= 0.6 is 0 Å². The highest BCUT2D eigenvalue weighted by molar-refractivity contribution is 5.72. The molecule has 0 amide bonds. The van der Waals surface area contributed by atoms with Crippen LogP contribution in [0.1, 0.15) is 67.2 Å². The third kappa shape index (κ3) is 8.48. The predicted octanol–water partition coefficient (Wildman–Crippen LogP) is 3.79. The van der Waals surface area contributed by atoms with E-state index >= 15 is 0 Å². The number of unbranched alkanes of at least 4 members (excludes halogenated alkanes) is 1. The molecule has 4 nitrogen and oxygen atoms in total. The largest absolute Gasteiger partial charge is 0.479 e. The topological polar surface area (TPSA) is 55.8 Å². The van der Waals surface area contributed by atoms with Gasteiger partial charge in [-0.3, -0.25) is 0 Å². The first-order chi connectivity index (χ1) is 8.07. The second-order valence-corrected chi connectivity index (χ2v) is 6.65. The van der Waals surface area contributed by atoms with Gasteiger partial charge in [0.05, 0.1) is 5.60 Å². The van der Waals surface area contributed by atoms with Crippen molar-refractivity contribution in [1.29, 1.82) is 0 Å². The molecular weight excluding hydrogens is 232 g/mol. The molecule has 0 spiro atoms. The Kier molecular flexibility index (Phi) is 6.86. The zero-order valence-corrected chi connectivity index (χ0v) is 12.6. The van der Waals surface area contributed by atoms with Crippen molar-refractivity contribution < 1.29 is 19.7 Å². The number of aliphatic carboxylic acids is 1. The van der Waals surface area contributed by atoms with E-state index < -0.39 is 17.7 Å². The summed E-state index contributed by atoms with van der Waals surface area (Å²) in [5, 5.41) is 9.02. The quantitative estimate of drug-likeness (QED) is 0.533. The fraction of sp³-hybridized carbons (Fsp3) is 0.929. The Morgan fingerprint density at radius 3 is 2.17 bits per heavy atom. The average Bonchev–Trinajstić information content (AvgIpc) is 2.13. The van der Waals surface area contributed by atoms with Crippen LogP contribution in [0, 0.1) is 5.41 Å². The van der Waals surface area contributed by atoms with Crippen LogP contribution in [0.5, 0.6) is 0 Å². The third-order valence-corrected chi connectivity index (χ3v) is 2.44. The van der Waals surface area contributed by atoms with Crippen LogP contribution in [-0.2, 0) is 14.6 Å². The number of carbonyl (C=O) groups is 1. The van der Waals surface area contributed by atoms with Gasteiger partial charge in [-0.2, -0.15) is 0 Å². The lowest BCUT2D eigenvalue weighted by atomic mass is 9.84. The highest BCUT2D eigenvalue weighted by Crippen LogP contribution is 2.30. The van der Waals surface area contributed by atoms with Gasteiger partial charge >= 0.3 is 5.97 Å². The fourth-order valence-electron chi connectivity index (χ4n) is 2.10. The molecule has 1 atom stereocenters. The van der Waals surface area contributed by atoms with E-state index in [0.29, 0.717) is 6.42 Å². The molecule has 1 N–H and O–H groups in total. The van der Waals surface area contributed by atoms with Crippen LogP contribution in [0.25, 0.3) is 0 Å². The second kappa shape index (κ2) is 7.10. The van der Waals surface area contributed by atoms with Gasteiger partial charge in [-0.1, -0.05) is 40.5 Å². The highest BCUT2D eigenvalue weighted by Gasteiger charge is 2.30. The molecule has 0 radical (unpaired) electrons. The fourth-order valence-corrected chi connectivity index (χ4v) is 2.10. The van der Waals surface area contributed by atoms with E-state index in [0.717, 1.165) is 19.3 Å². The van der Waals surface area contributed by atoms with E-state index in [1.165, 1.54) is 0 Å². The first kappa shape index (κ1) is 17.4. The van der Waals surface area contributed by atoms with Gasteiger partial charge in [0.1, 0.15) is 0 Å². The average molecular weight is 260 g/mol. The summed E-state index contributed by atoms with van der Waals surface area (Å²) in [4.78, 5) is 21.5. The molecule has 0 fully saturated rings. The van der Waals surface area contributed by atoms with E-state index in [4.69, 9.17) is 14.9 Å². The van der Waals surface area contributed by atoms with Crippen LogP contribution in [0.15, 0.2) is 0 Å². The minimum absolute atomic E-state index is 0.106. The van der Waals surface area contributed by atoms with Crippen LogP contribution in [-0.4, -0.2) is 22.8 Å². The van der Waals surface area contributed by atoms with Gasteiger partial charge in [-0.25, -0.2) is 14.6 Å². The maximum atomic E-state index is 11.0. The first-order valence-electron chi connectivity index (χ1n) is 6.65. The number of carboxylic acids is 1. The summed E-state index contributed by atoms with van der Waals surface area (Å²) in [6.45, 7) is 12.2. The maximum absolute atomic E-state index is 11.0. The zero-order valence-electron chi connectivity index (χ0n) is 12.6. The van der Waals surface area contributed by atoms with Crippen LogP contribution < -0.4 is 0 Å². The highest BCUT2D eigenvalue weighted by atomic mass is 17.2. The number of hydrogen-bond donors (Lipinski definition) is 1. The lowest BCUT2D eigenvalue weighted by molar-refractivity contribution is -0.376. The molecule has 0 aromatic rings. The second-order valence-electron chi connectivity index (χ2n) is 6.65. The summed E-state index contributed by atoms with van der Waals surface area (Å²) in [5.41, 5.74) is -0.382. The van der Waals surface area contributed by atoms with Gasteiger partial charge in [0.2, 0.25) is 0 Å². The minimum Gasteiger partial charge on any atom is -0.479 e. The van der Waals surface area contributed by atoms with E-state index in [9.17, 15) is 4.79 Å². The zero-order chi connectivity index (χ0) is 14.4. The molecule has 0 aromatic carbocycles. The van der Waals surface area contributed by atoms with Crippen molar-refractivity contribution in [3.63, 3.8) is 0 Å². The Hall–Kier alpha value is -0.610. The molecule has 0 heterocycles. The van der Waals surface area contributed by atoms with Crippen molar-refractivity contribution in [1.82, 2.24) is 0 Å². The van der Waals surface area contributed by atoms with Gasteiger partial charge in [0.15, 0.2) is 6.10 Å². The molecule has 0 saturated heterocycles. The molecule has 108 valence electrons. The number of rotatable bonds is 8. The minimum atomic E-state index is -0.963. The standard InChI is InChI=1S/C14H28O4/c1-7-8-9-11(12(15)16)17-18-14(5,6)10-13(2,3)4/h11H,7-10H2,1-6H3,(H,15,16). The first-order valence-corrected chi connectivity index (χ1v) is 6.65. The normalized spacial score (nSPS) is 14.6. The molecule has 0 rings (SSSR count). The van der Waals surface area contributed by atoms with Crippen molar-refractivity contribution >= 4 is 5.97 Å². The molecule has 0 aliphatic heterocycles. The molecule has 0 aliphatic carbocycles. The lowest BCUT2D eigenvalue weighted by Gasteiger charge is -2.31. The summed E-state index contributed by atoms with van der Waals surface area (Å²) in [7, 11) is 0. The van der Waals surface area contributed by atoms with Crippen LogP contribution in [0.2, 0.25) is 0 Å². The van der Waals surface area contributed by atoms with Crippen molar-refractivity contribution in [2.45, 2.75) is 78.9 Å². The molecule has 0 bridgehead atoms. The van der Waals surface area contributed by atoms with Gasteiger partial charge in [0.25, 0.3) is 0 Å². The Bertz CT molecular complexity index is 253. The Morgan fingerprint density at radius 2 is 1.78 bits per heavy atom. The molecule has 0 saturated carbocycles. The van der Waals surface area contributed by atoms with E-state index in [1.54, 1.807) is 0 Å².